The van der Waals surface area contributed by atoms with E-state index >= 15 is 0 Å². The molecule has 0 radical (unpaired) electrons. The molecule has 0 aromatic heterocycles. The van der Waals surface area contributed by atoms with Crippen LogP contribution in [0.4, 0.5) is 0 Å². The molecule has 3 nitrogen and oxygen atoms in total. The van der Waals surface area contributed by atoms with Crippen LogP contribution in [0.2, 0.25) is 0 Å². The van der Waals surface area contributed by atoms with Gasteiger partial charge in [-0.05, 0) is 50.4 Å². The monoisotopic (exact) mass is 224 g/mol. The van der Waals surface area contributed by atoms with Gasteiger partial charge in [0.25, 0.3) is 0 Å². The molecular weight excluding hydrogens is 200 g/mol. The Kier molecular flexibility index (Phi) is 3.24. The average Bonchev–Trinajstić information content (AvgIpc) is 2.99. The Morgan fingerprint density at radius 3 is 2.25 bits per heavy atom. The van der Waals surface area contributed by atoms with Gasteiger partial charge < -0.3 is 11.1 Å². The molecule has 1 amide bonds. The largest absolute Gasteiger partial charge is 0.352 e. The highest BCUT2D eigenvalue weighted by molar-refractivity contribution is 5.89. The van der Waals surface area contributed by atoms with Crippen molar-refractivity contribution in [3.63, 3.8) is 0 Å². The fourth-order valence-corrected chi connectivity index (χ4v) is 2.62. The molecule has 0 heterocycles. The smallest absolute Gasteiger partial charge is 0.240 e. The first-order valence-corrected chi connectivity index (χ1v) is 6.61. The summed E-state index contributed by atoms with van der Waals surface area (Å²) in [5.74, 6) is 1.71. The fraction of sp³-hybridized carbons (Fsp3) is 0.923. The van der Waals surface area contributed by atoms with Crippen molar-refractivity contribution in [2.24, 2.45) is 17.6 Å². The molecule has 0 saturated heterocycles. The standard InChI is InChI=1S/C13H24N2O/c1-9(2)10-3-5-11(6-4-10)15-12(16)13(14)7-8-13/h9-11H,3-8,14H2,1-2H3,(H,15,16). The minimum atomic E-state index is -0.505. The van der Waals surface area contributed by atoms with Crippen LogP contribution in [-0.4, -0.2) is 17.5 Å². The molecule has 2 saturated carbocycles. The third kappa shape index (κ3) is 2.57. The molecule has 2 fully saturated rings. The zero-order chi connectivity index (χ0) is 11.8. The number of hydrogen-bond acceptors (Lipinski definition) is 2. The summed E-state index contributed by atoms with van der Waals surface area (Å²) in [5.41, 5.74) is 5.37. The number of amides is 1. The van der Waals surface area contributed by atoms with Crippen LogP contribution in [0.15, 0.2) is 0 Å². The highest BCUT2D eigenvalue weighted by Gasteiger charge is 2.46. The summed E-state index contributed by atoms with van der Waals surface area (Å²) in [6.45, 7) is 4.59. The van der Waals surface area contributed by atoms with Crippen LogP contribution in [0.25, 0.3) is 0 Å². The molecule has 2 aliphatic rings. The second kappa shape index (κ2) is 4.36. The molecule has 92 valence electrons. The second-order valence-corrected chi connectivity index (χ2v) is 5.99. The van der Waals surface area contributed by atoms with Gasteiger partial charge in [-0.2, -0.15) is 0 Å². The summed E-state index contributed by atoms with van der Waals surface area (Å²) >= 11 is 0. The molecule has 2 aliphatic carbocycles. The Balaban J connectivity index is 1.75. The maximum Gasteiger partial charge on any atom is 0.240 e. The van der Waals surface area contributed by atoms with Crippen LogP contribution in [0, 0.1) is 11.8 Å². The molecule has 0 bridgehead atoms. The van der Waals surface area contributed by atoms with Crippen molar-refractivity contribution in [1.29, 1.82) is 0 Å². The van der Waals surface area contributed by atoms with Crippen molar-refractivity contribution in [2.75, 3.05) is 0 Å². The Labute approximate surface area is 98.2 Å². The Morgan fingerprint density at radius 1 is 1.25 bits per heavy atom. The molecule has 0 aromatic rings. The SMILES string of the molecule is CC(C)C1CCC(NC(=O)C2(N)CC2)CC1. The number of rotatable bonds is 3. The Hall–Kier alpha value is -0.570. The summed E-state index contributed by atoms with van der Waals surface area (Å²) in [5, 5.41) is 3.12. The molecular formula is C13H24N2O. The van der Waals surface area contributed by atoms with E-state index in [4.69, 9.17) is 5.73 Å². The topological polar surface area (TPSA) is 55.1 Å². The average molecular weight is 224 g/mol. The lowest BCUT2D eigenvalue weighted by molar-refractivity contribution is -0.124. The zero-order valence-electron chi connectivity index (χ0n) is 10.5. The van der Waals surface area contributed by atoms with Crippen molar-refractivity contribution in [1.82, 2.24) is 5.32 Å². The van der Waals surface area contributed by atoms with Crippen molar-refractivity contribution in [3.8, 4) is 0 Å². The lowest BCUT2D eigenvalue weighted by atomic mass is 9.79. The number of carbonyl (C=O) groups excluding carboxylic acids is 1. The normalized spacial score (nSPS) is 32.5. The quantitative estimate of drug-likeness (QED) is 0.768. The van der Waals surface area contributed by atoms with Crippen molar-refractivity contribution < 1.29 is 4.79 Å². The molecule has 0 aliphatic heterocycles. The molecule has 3 heteroatoms. The Bertz CT molecular complexity index is 263. The maximum atomic E-state index is 11.8. The summed E-state index contributed by atoms with van der Waals surface area (Å²) in [7, 11) is 0. The van der Waals surface area contributed by atoms with E-state index in [1.54, 1.807) is 0 Å². The van der Waals surface area contributed by atoms with Gasteiger partial charge in [0.05, 0.1) is 5.54 Å². The molecule has 0 aromatic carbocycles. The van der Waals surface area contributed by atoms with Crippen LogP contribution in [0.5, 0.6) is 0 Å². The maximum absolute atomic E-state index is 11.8. The van der Waals surface area contributed by atoms with Gasteiger partial charge in [0.1, 0.15) is 0 Å². The van der Waals surface area contributed by atoms with E-state index < -0.39 is 5.54 Å². The van der Waals surface area contributed by atoms with Crippen LogP contribution < -0.4 is 11.1 Å². The van der Waals surface area contributed by atoms with E-state index in [9.17, 15) is 4.79 Å². The first-order chi connectivity index (χ1) is 7.51. The number of carbonyl (C=O) groups is 1. The van der Waals surface area contributed by atoms with Crippen molar-refractivity contribution in [2.45, 2.75) is 64.0 Å². The van der Waals surface area contributed by atoms with Gasteiger partial charge >= 0.3 is 0 Å². The number of hydrogen-bond donors (Lipinski definition) is 2. The molecule has 0 spiro atoms. The van der Waals surface area contributed by atoms with E-state index in [-0.39, 0.29) is 5.91 Å². The number of nitrogens with one attached hydrogen (secondary N) is 1. The van der Waals surface area contributed by atoms with Crippen LogP contribution in [-0.2, 0) is 4.79 Å². The molecule has 3 N–H and O–H groups in total. The van der Waals surface area contributed by atoms with Crippen LogP contribution in [0.1, 0.15) is 52.4 Å². The third-order valence-electron chi connectivity index (χ3n) is 4.29. The first-order valence-electron chi connectivity index (χ1n) is 6.61. The van der Waals surface area contributed by atoms with E-state index in [0.29, 0.717) is 6.04 Å². The molecule has 0 atom stereocenters. The molecule has 0 unspecified atom stereocenters. The van der Waals surface area contributed by atoms with Gasteiger partial charge in [0.15, 0.2) is 0 Å². The van der Waals surface area contributed by atoms with Gasteiger partial charge in [0, 0.05) is 6.04 Å². The van der Waals surface area contributed by atoms with Gasteiger partial charge in [0.2, 0.25) is 5.91 Å². The summed E-state index contributed by atoms with van der Waals surface area (Å²) in [4.78, 5) is 11.8. The summed E-state index contributed by atoms with van der Waals surface area (Å²) in [6.07, 6.45) is 6.48. The fourth-order valence-electron chi connectivity index (χ4n) is 2.62. The number of nitrogens with two attached hydrogens (primary N) is 1. The molecule has 2 rings (SSSR count). The van der Waals surface area contributed by atoms with E-state index in [0.717, 1.165) is 37.5 Å². The lowest BCUT2D eigenvalue weighted by Gasteiger charge is -2.31. The summed E-state index contributed by atoms with van der Waals surface area (Å²) < 4.78 is 0. The predicted molar refractivity (Wildman–Crippen MR) is 64.9 cm³/mol. The van der Waals surface area contributed by atoms with Crippen LogP contribution >= 0.6 is 0 Å². The van der Waals surface area contributed by atoms with E-state index in [1.165, 1.54) is 12.8 Å². The zero-order valence-corrected chi connectivity index (χ0v) is 10.5. The minimum absolute atomic E-state index is 0.0838. The first kappa shape index (κ1) is 11.9. The van der Waals surface area contributed by atoms with E-state index in [2.05, 4.69) is 19.2 Å². The second-order valence-electron chi connectivity index (χ2n) is 5.99. The van der Waals surface area contributed by atoms with Gasteiger partial charge in [-0.1, -0.05) is 13.8 Å². The highest BCUT2D eigenvalue weighted by atomic mass is 16.2. The Morgan fingerprint density at radius 2 is 1.81 bits per heavy atom. The molecule has 16 heavy (non-hydrogen) atoms. The van der Waals surface area contributed by atoms with Crippen molar-refractivity contribution in [3.05, 3.63) is 0 Å². The highest BCUT2D eigenvalue weighted by Crippen LogP contribution is 2.34. The van der Waals surface area contributed by atoms with Crippen molar-refractivity contribution >= 4 is 5.91 Å². The van der Waals surface area contributed by atoms with Crippen LogP contribution in [0.3, 0.4) is 0 Å². The minimum Gasteiger partial charge on any atom is -0.352 e. The lowest BCUT2D eigenvalue weighted by Crippen LogP contribution is -2.48. The summed E-state index contributed by atoms with van der Waals surface area (Å²) in [6, 6.07) is 0.378. The van der Waals surface area contributed by atoms with Gasteiger partial charge in [-0.25, -0.2) is 0 Å². The van der Waals surface area contributed by atoms with Gasteiger partial charge in [-0.3, -0.25) is 4.79 Å². The van der Waals surface area contributed by atoms with Gasteiger partial charge in [-0.15, -0.1) is 0 Å². The van der Waals surface area contributed by atoms with E-state index in [1.807, 2.05) is 0 Å². The third-order valence-corrected chi connectivity index (χ3v) is 4.29. The predicted octanol–water partition coefficient (Wildman–Crippen LogP) is 1.81.